The molecule has 0 aromatic heterocycles. The second-order valence-corrected chi connectivity index (χ2v) is 6.76. The molecule has 0 atom stereocenters. The summed E-state index contributed by atoms with van der Waals surface area (Å²) in [6.07, 6.45) is 0. The van der Waals surface area contributed by atoms with Crippen molar-refractivity contribution in [2.75, 3.05) is 19.5 Å². The van der Waals surface area contributed by atoms with E-state index in [-0.39, 0.29) is 5.91 Å². The quantitative estimate of drug-likeness (QED) is 0.471. The Morgan fingerprint density at radius 2 is 1.43 bits per heavy atom. The SMILES string of the molecule is COc1ccc(C(=O)Oc2ccc(C(=O)Nc3ccc(C)cc3C)cc2)cc1OC. The number of anilines is 1. The lowest BCUT2D eigenvalue weighted by Crippen LogP contribution is -2.13. The third kappa shape index (κ3) is 4.78. The number of carbonyl (C=O) groups excluding carboxylic acids is 2. The van der Waals surface area contributed by atoms with Gasteiger partial charge in [-0.25, -0.2) is 4.79 Å². The predicted molar refractivity (Wildman–Crippen MR) is 115 cm³/mol. The summed E-state index contributed by atoms with van der Waals surface area (Å²) in [5.74, 6) is 0.514. The minimum absolute atomic E-state index is 0.236. The van der Waals surface area contributed by atoms with Gasteiger partial charge >= 0.3 is 5.97 Å². The van der Waals surface area contributed by atoms with Crippen molar-refractivity contribution in [1.82, 2.24) is 0 Å². The Hall–Kier alpha value is -3.80. The number of aryl methyl sites for hydroxylation is 2. The van der Waals surface area contributed by atoms with E-state index in [1.807, 2.05) is 32.0 Å². The summed E-state index contributed by atoms with van der Waals surface area (Å²) in [6.45, 7) is 3.94. The second-order valence-electron chi connectivity index (χ2n) is 6.76. The molecular formula is C24H23NO5. The molecule has 1 N–H and O–H groups in total. The molecule has 154 valence electrons. The predicted octanol–water partition coefficient (Wildman–Crippen LogP) is 4.79. The van der Waals surface area contributed by atoms with Gasteiger partial charge in [-0.05, 0) is 67.9 Å². The molecule has 3 rings (SSSR count). The summed E-state index contributed by atoms with van der Waals surface area (Å²) in [5.41, 5.74) is 3.66. The van der Waals surface area contributed by atoms with Crippen molar-refractivity contribution in [3.05, 3.63) is 82.9 Å². The summed E-state index contributed by atoms with van der Waals surface area (Å²) in [6, 6.07) is 17.0. The van der Waals surface area contributed by atoms with E-state index in [2.05, 4.69) is 5.32 Å². The van der Waals surface area contributed by atoms with E-state index in [9.17, 15) is 9.59 Å². The van der Waals surface area contributed by atoms with E-state index < -0.39 is 5.97 Å². The standard InChI is InChI=1S/C24H23NO5/c1-15-5-11-20(16(2)13-15)25-23(26)17-6-9-19(10-7-17)30-24(27)18-8-12-21(28-3)22(14-18)29-4/h5-14H,1-4H3,(H,25,26). The maximum atomic E-state index is 12.5. The van der Waals surface area contributed by atoms with Crippen LogP contribution in [0.4, 0.5) is 5.69 Å². The Balaban J connectivity index is 1.68. The van der Waals surface area contributed by atoms with E-state index in [0.29, 0.717) is 28.4 Å². The Morgan fingerprint density at radius 3 is 2.07 bits per heavy atom. The lowest BCUT2D eigenvalue weighted by Gasteiger charge is -2.11. The molecule has 0 aliphatic carbocycles. The maximum absolute atomic E-state index is 12.5. The Morgan fingerprint density at radius 1 is 0.767 bits per heavy atom. The number of rotatable bonds is 6. The van der Waals surface area contributed by atoms with Gasteiger partial charge in [0.05, 0.1) is 19.8 Å². The van der Waals surface area contributed by atoms with Crippen LogP contribution in [0.3, 0.4) is 0 Å². The van der Waals surface area contributed by atoms with Crippen LogP contribution in [0.1, 0.15) is 31.8 Å². The molecule has 3 aromatic rings. The smallest absolute Gasteiger partial charge is 0.343 e. The fraction of sp³-hybridized carbons (Fsp3) is 0.167. The van der Waals surface area contributed by atoms with Crippen molar-refractivity contribution in [2.24, 2.45) is 0 Å². The monoisotopic (exact) mass is 405 g/mol. The molecule has 0 unspecified atom stereocenters. The number of methoxy groups -OCH3 is 2. The molecule has 6 nitrogen and oxygen atoms in total. The number of esters is 1. The number of carbonyl (C=O) groups is 2. The van der Waals surface area contributed by atoms with Gasteiger partial charge < -0.3 is 19.5 Å². The molecule has 0 spiro atoms. The largest absolute Gasteiger partial charge is 0.493 e. The third-order valence-corrected chi connectivity index (χ3v) is 4.58. The summed E-state index contributed by atoms with van der Waals surface area (Å²) in [7, 11) is 3.02. The van der Waals surface area contributed by atoms with E-state index >= 15 is 0 Å². The molecule has 1 amide bonds. The number of hydrogen-bond donors (Lipinski definition) is 1. The first-order valence-electron chi connectivity index (χ1n) is 9.34. The van der Waals surface area contributed by atoms with Crippen LogP contribution in [0.2, 0.25) is 0 Å². The van der Waals surface area contributed by atoms with Gasteiger partial charge in [0, 0.05) is 11.3 Å². The fourth-order valence-corrected chi connectivity index (χ4v) is 2.95. The van der Waals surface area contributed by atoms with Gasteiger partial charge in [0.25, 0.3) is 5.91 Å². The van der Waals surface area contributed by atoms with Crippen molar-refractivity contribution in [3.8, 4) is 17.2 Å². The minimum atomic E-state index is -0.538. The molecule has 0 saturated heterocycles. The van der Waals surface area contributed by atoms with Crippen LogP contribution in [0.5, 0.6) is 17.2 Å². The normalized spacial score (nSPS) is 10.3. The zero-order valence-electron chi connectivity index (χ0n) is 17.3. The fourth-order valence-electron chi connectivity index (χ4n) is 2.95. The lowest BCUT2D eigenvalue weighted by molar-refractivity contribution is 0.0734. The molecule has 0 bridgehead atoms. The molecule has 0 fully saturated rings. The van der Waals surface area contributed by atoms with Crippen LogP contribution < -0.4 is 19.5 Å². The number of nitrogens with one attached hydrogen (secondary N) is 1. The van der Waals surface area contributed by atoms with Gasteiger partial charge in [0.15, 0.2) is 11.5 Å². The van der Waals surface area contributed by atoms with Gasteiger partial charge in [-0.15, -0.1) is 0 Å². The molecule has 6 heteroatoms. The molecule has 0 heterocycles. The molecule has 3 aromatic carbocycles. The first-order valence-corrected chi connectivity index (χ1v) is 9.34. The van der Waals surface area contributed by atoms with Crippen molar-refractivity contribution < 1.29 is 23.8 Å². The highest BCUT2D eigenvalue weighted by molar-refractivity contribution is 6.04. The minimum Gasteiger partial charge on any atom is -0.493 e. The summed E-state index contributed by atoms with van der Waals surface area (Å²) < 4.78 is 15.8. The van der Waals surface area contributed by atoms with E-state index in [0.717, 1.165) is 16.8 Å². The first-order chi connectivity index (χ1) is 14.4. The summed E-state index contributed by atoms with van der Waals surface area (Å²) >= 11 is 0. The average molecular weight is 405 g/mol. The molecule has 0 aliphatic rings. The van der Waals surface area contributed by atoms with Crippen molar-refractivity contribution in [3.63, 3.8) is 0 Å². The molecule has 0 radical (unpaired) electrons. The zero-order valence-corrected chi connectivity index (χ0v) is 17.3. The first kappa shape index (κ1) is 20.9. The van der Waals surface area contributed by atoms with Crippen molar-refractivity contribution in [2.45, 2.75) is 13.8 Å². The van der Waals surface area contributed by atoms with E-state index in [1.54, 1.807) is 42.5 Å². The molecule has 0 saturated carbocycles. The molecule has 30 heavy (non-hydrogen) atoms. The van der Waals surface area contributed by atoms with Crippen LogP contribution in [-0.2, 0) is 0 Å². The zero-order chi connectivity index (χ0) is 21.7. The number of hydrogen-bond acceptors (Lipinski definition) is 5. The van der Waals surface area contributed by atoms with E-state index in [4.69, 9.17) is 14.2 Å². The van der Waals surface area contributed by atoms with Crippen LogP contribution in [0.15, 0.2) is 60.7 Å². The second kappa shape index (κ2) is 9.13. The van der Waals surface area contributed by atoms with Gasteiger partial charge in [-0.2, -0.15) is 0 Å². The molecular weight excluding hydrogens is 382 g/mol. The van der Waals surface area contributed by atoms with E-state index in [1.165, 1.54) is 14.2 Å². The highest BCUT2D eigenvalue weighted by Crippen LogP contribution is 2.28. The van der Waals surface area contributed by atoms with Crippen molar-refractivity contribution in [1.29, 1.82) is 0 Å². The number of amides is 1. The van der Waals surface area contributed by atoms with Crippen LogP contribution >= 0.6 is 0 Å². The Labute approximate surface area is 175 Å². The van der Waals surface area contributed by atoms with Gasteiger partial charge in [-0.3, -0.25) is 4.79 Å². The third-order valence-electron chi connectivity index (χ3n) is 4.58. The van der Waals surface area contributed by atoms with Crippen LogP contribution in [0.25, 0.3) is 0 Å². The van der Waals surface area contributed by atoms with Gasteiger partial charge in [0.1, 0.15) is 5.75 Å². The molecule has 0 aliphatic heterocycles. The Kier molecular flexibility index (Phi) is 6.37. The van der Waals surface area contributed by atoms with Crippen LogP contribution in [-0.4, -0.2) is 26.1 Å². The van der Waals surface area contributed by atoms with Crippen LogP contribution in [0, 0.1) is 13.8 Å². The number of ether oxygens (including phenoxy) is 3. The highest BCUT2D eigenvalue weighted by Gasteiger charge is 2.14. The van der Waals surface area contributed by atoms with Gasteiger partial charge in [0.2, 0.25) is 0 Å². The van der Waals surface area contributed by atoms with Gasteiger partial charge in [-0.1, -0.05) is 17.7 Å². The average Bonchev–Trinajstić information content (AvgIpc) is 2.75. The topological polar surface area (TPSA) is 73.9 Å². The number of benzene rings is 3. The maximum Gasteiger partial charge on any atom is 0.343 e. The lowest BCUT2D eigenvalue weighted by atomic mass is 10.1. The summed E-state index contributed by atoms with van der Waals surface area (Å²) in [4.78, 5) is 24.9. The van der Waals surface area contributed by atoms with Crippen molar-refractivity contribution >= 4 is 17.6 Å². The Bertz CT molecular complexity index is 1070. The summed E-state index contributed by atoms with van der Waals surface area (Å²) in [5, 5.41) is 2.89. The highest BCUT2D eigenvalue weighted by atomic mass is 16.5.